The van der Waals surface area contributed by atoms with Gasteiger partial charge in [0.1, 0.15) is 0 Å². The lowest BCUT2D eigenvalue weighted by molar-refractivity contribution is -0.131. The molecule has 2 heterocycles. The highest BCUT2D eigenvalue weighted by atomic mass is 16.2. The number of carbonyl (C=O) groups excluding carboxylic acids is 3. The fraction of sp³-hybridized carbons (Fsp3) is 0.464. The van der Waals surface area contributed by atoms with Gasteiger partial charge in [-0.3, -0.25) is 19.3 Å². The van der Waals surface area contributed by atoms with E-state index in [0.717, 1.165) is 37.4 Å². The van der Waals surface area contributed by atoms with Crippen molar-refractivity contribution in [1.29, 1.82) is 0 Å². The fourth-order valence-corrected chi connectivity index (χ4v) is 4.04. The molecule has 3 amide bonds. The van der Waals surface area contributed by atoms with Gasteiger partial charge in [-0.25, -0.2) is 9.97 Å². The summed E-state index contributed by atoms with van der Waals surface area (Å²) in [5.41, 5.74) is 8.10. The molecule has 2 aromatic rings. The summed E-state index contributed by atoms with van der Waals surface area (Å²) >= 11 is 0. The molecule has 0 radical (unpaired) electrons. The van der Waals surface area contributed by atoms with E-state index in [1.54, 1.807) is 7.05 Å². The van der Waals surface area contributed by atoms with E-state index < -0.39 is 5.91 Å². The van der Waals surface area contributed by atoms with Gasteiger partial charge in [-0.1, -0.05) is 25.1 Å². The van der Waals surface area contributed by atoms with E-state index in [4.69, 9.17) is 5.73 Å². The Hall–Kier alpha value is -3.99. The summed E-state index contributed by atoms with van der Waals surface area (Å²) in [4.78, 5) is 51.5. The highest BCUT2D eigenvalue weighted by Gasteiger charge is 2.19. The molecule has 0 spiro atoms. The van der Waals surface area contributed by atoms with Crippen LogP contribution in [0.25, 0.3) is 0 Å². The Balaban J connectivity index is 1.56. The number of nitrogens with zero attached hydrogens (tertiary/aromatic N) is 5. The van der Waals surface area contributed by atoms with Gasteiger partial charge in [0, 0.05) is 45.5 Å². The van der Waals surface area contributed by atoms with Gasteiger partial charge in [0.15, 0.2) is 17.3 Å². The summed E-state index contributed by atoms with van der Waals surface area (Å²) in [5, 5.41) is 6.06. The first-order valence-corrected chi connectivity index (χ1v) is 13.4. The van der Waals surface area contributed by atoms with E-state index in [9.17, 15) is 14.4 Å². The Morgan fingerprint density at radius 2 is 1.92 bits per heavy atom. The predicted molar refractivity (Wildman–Crippen MR) is 153 cm³/mol. The summed E-state index contributed by atoms with van der Waals surface area (Å²) in [7, 11) is 3.54. The highest BCUT2D eigenvalue weighted by Crippen LogP contribution is 2.24. The smallest absolute Gasteiger partial charge is 0.271 e. The Morgan fingerprint density at radius 3 is 2.56 bits per heavy atom. The maximum absolute atomic E-state index is 12.3. The van der Waals surface area contributed by atoms with Crippen molar-refractivity contribution in [3.05, 3.63) is 53.4 Å². The molecular weight excluding hydrogens is 496 g/mol. The third-order valence-electron chi connectivity index (χ3n) is 6.61. The van der Waals surface area contributed by atoms with Gasteiger partial charge >= 0.3 is 0 Å². The number of amides is 3. The Kier molecular flexibility index (Phi) is 10.8. The number of carbonyl (C=O) groups is 3. The van der Waals surface area contributed by atoms with Crippen LogP contribution in [-0.4, -0.2) is 90.9 Å². The van der Waals surface area contributed by atoms with E-state index in [-0.39, 0.29) is 24.1 Å². The number of hydrogen-bond acceptors (Lipinski definition) is 8. The van der Waals surface area contributed by atoms with Crippen molar-refractivity contribution >= 4 is 35.0 Å². The number of aromatic nitrogens is 2. The molecule has 1 aliphatic rings. The first-order chi connectivity index (χ1) is 18.7. The molecule has 0 atom stereocenters. The van der Waals surface area contributed by atoms with Crippen molar-refractivity contribution in [2.24, 2.45) is 5.73 Å². The molecule has 1 aromatic heterocycles. The molecule has 0 bridgehead atoms. The van der Waals surface area contributed by atoms with Crippen LogP contribution in [0, 0.1) is 0 Å². The summed E-state index contributed by atoms with van der Waals surface area (Å²) in [6.45, 7) is 8.02. The van der Waals surface area contributed by atoms with Crippen LogP contribution in [0.5, 0.6) is 0 Å². The minimum Gasteiger partial charge on any atom is -0.364 e. The lowest BCUT2D eigenvalue weighted by Crippen LogP contribution is -2.39. The fourth-order valence-electron chi connectivity index (χ4n) is 4.04. The van der Waals surface area contributed by atoms with Gasteiger partial charge in [0.25, 0.3) is 5.91 Å². The molecule has 0 aliphatic carbocycles. The normalized spacial score (nSPS) is 13.1. The maximum Gasteiger partial charge on any atom is 0.271 e. The Bertz CT molecular complexity index is 1200. The van der Waals surface area contributed by atoms with E-state index in [0.29, 0.717) is 36.7 Å². The Labute approximate surface area is 230 Å². The first kappa shape index (κ1) is 29.6. The molecule has 1 aromatic carbocycles. The van der Waals surface area contributed by atoms with Gasteiger partial charge in [0.2, 0.25) is 11.8 Å². The number of benzene rings is 1. The minimum atomic E-state index is -0.653. The van der Waals surface area contributed by atoms with E-state index >= 15 is 0 Å². The van der Waals surface area contributed by atoms with Gasteiger partial charge in [-0.05, 0) is 57.0 Å². The highest BCUT2D eigenvalue weighted by molar-refractivity contribution is 5.96. The summed E-state index contributed by atoms with van der Waals surface area (Å²) in [6, 6.07) is 7.62. The number of anilines is 3. The zero-order valence-corrected chi connectivity index (χ0v) is 23.4. The molecule has 0 unspecified atom stereocenters. The summed E-state index contributed by atoms with van der Waals surface area (Å²) in [5.74, 6) is -0.0720. The number of primary amides is 1. The van der Waals surface area contributed by atoms with Crippen molar-refractivity contribution in [3.8, 4) is 0 Å². The number of hydrogen-bond donors (Lipinski definition) is 3. The van der Waals surface area contributed by atoms with Crippen LogP contribution < -0.4 is 21.3 Å². The van der Waals surface area contributed by atoms with Crippen LogP contribution in [0.15, 0.2) is 36.4 Å². The van der Waals surface area contributed by atoms with Crippen molar-refractivity contribution < 1.29 is 14.4 Å². The van der Waals surface area contributed by atoms with E-state index in [1.807, 2.05) is 56.1 Å². The average molecular weight is 537 g/mol. The monoisotopic (exact) mass is 536 g/mol. The van der Waals surface area contributed by atoms with Crippen LogP contribution in [0.1, 0.15) is 42.0 Å². The maximum atomic E-state index is 12.3. The number of aryl methyl sites for hydroxylation is 1. The number of likely N-dealkylation sites (N-methyl/N-ethyl adjacent to an activating group) is 1. The first-order valence-electron chi connectivity index (χ1n) is 13.4. The van der Waals surface area contributed by atoms with Crippen LogP contribution in [0.3, 0.4) is 0 Å². The second-order valence-electron chi connectivity index (χ2n) is 9.60. The third-order valence-corrected chi connectivity index (χ3v) is 6.61. The lowest BCUT2D eigenvalue weighted by atomic mass is 10.1. The number of nitrogens with one attached hydrogen (secondary N) is 2. The van der Waals surface area contributed by atoms with Crippen molar-refractivity contribution in [2.75, 3.05) is 63.6 Å². The molecule has 1 fully saturated rings. The number of rotatable bonds is 14. The van der Waals surface area contributed by atoms with Crippen molar-refractivity contribution in [3.63, 3.8) is 0 Å². The SMILES string of the molecule is CCc1nc(C(N)=O)c(Nc2cccc(CCNC(=O)CN(C)C(=O)/C=C/CN3CCC3)c2)nc1N(C)CC. The van der Waals surface area contributed by atoms with Gasteiger partial charge in [0.05, 0.1) is 12.2 Å². The molecule has 0 saturated carbocycles. The molecule has 1 aliphatic heterocycles. The molecule has 11 nitrogen and oxygen atoms in total. The van der Waals surface area contributed by atoms with E-state index in [1.165, 1.54) is 17.4 Å². The predicted octanol–water partition coefficient (Wildman–Crippen LogP) is 1.72. The molecule has 11 heteroatoms. The Morgan fingerprint density at radius 1 is 1.15 bits per heavy atom. The topological polar surface area (TPSA) is 137 Å². The molecule has 4 N–H and O–H groups in total. The van der Waals surface area contributed by atoms with Gasteiger partial charge in [-0.2, -0.15) is 0 Å². The minimum absolute atomic E-state index is 0.00859. The molecule has 3 rings (SSSR count). The van der Waals surface area contributed by atoms with Crippen molar-refractivity contribution in [1.82, 2.24) is 25.1 Å². The second kappa shape index (κ2) is 14.2. The summed E-state index contributed by atoms with van der Waals surface area (Å²) in [6.07, 6.45) is 5.78. The lowest BCUT2D eigenvalue weighted by Gasteiger charge is -2.29. The zero-order valence-electron chi connectivity index (χ0n) is 23.4. The largest absolute Gasteiger partial charge is 0.364 e. The van der Waals surface area contributed by atoms with Gasteiger partial charge in [-0.15, -0.1) is 0 Å². The molecule has 210 valence electrons. The molecular formula is C28H40N8O3. The number of likely N-dealkylation sites (tertiary alicyclic amines) is 1. The third kappa shape index (κ3) is 8.51. The number of nitrogens with two attached hydrogens (primary N) is 1. The van der Waals surface area contributed by atoms with Crippen LogP contribution in [0.4, 0.5) is 17.3 Å². The standard InChI is InChI=1S/C28H40N8O3/c1-5-22-28(34(3)6-2)33-27(25(32-22)26(29)39)31-21-11-7-10-20(18-21)13-14-30-23(37)19-35(4)24(38)12-8-15-36-16-9-17-36/h7-8,10-12,18H,5-6,9,13-17,19H2,1-4H3,(H2,29,39)(H,30,37)(H,31,33)/b12-8+. The average Bonchev–Trinajstić information content (AvgIpc) is 2.89. The zero-order chi connectivity index (χ0) is 28.4. The van der Waals surface area contributed by atoms with Crippen LogP contribution in [-0.2, 0) is 22.4 Å². The molecule has 39 heavy (non-hydrogen) atoms. The van der Waals surface area contributed by atoms with Crippen molar-refractivity contribution in [2.45, 2.75) is 33.1 Å². The molecule has 1 saturated heterocycles. The van der Waals surface area contributed by atoms with Crippen LogP contribution >= 0.6 is 0 Å². The van der Waals surface area contributed by atoms with E-state index in [2.05, 4.69) is 25.5 Å². The second-order valence-corrected chi connectivity index (χ2v) is 9.60. The summed E-state index contributed by atoms with van der Waals surface area (Å²) < 4.78 is 0. The quantitative estimate of drug-likeness (QED) is 0.311. The van der Waals surface area contributed by atoms with Gasteiger partial charge < -0.3 is 26.2 Å². The van der Waals surface area contributed by atoms with Crippen LogP contribution in [0.2, 0.25) is 0 Å².